The molecule has 130 valence electrons. The molecule has 0 atom stereocenters. The van der Waals surface area contributed by atoms with Crippen LogP contribution in [-0.4, -0.2) is 23.9 Å². The summed E-state index contributed by atoms with van der Waals surface area (Å²) < 4.78 is 88.6. The second-order valence-electron chi connectivity index (χ2n) is 4.16. The molecule has 0 spiro atoms. The average molecular weight is 495 g/mol. The van der Waals surface area contributed by atoms with E-state index in [-0.39, 0.29) is 15.9 Å². The number of anilines is 1. The van der Waals surface area contributed by atoms with E-state index in [1.807, 2.05) is 0 Å². The van der Waals surface area contributed by atoms with Gasteiger partial charge in [0.15, 0.2) is 0 Å². The summed E-state index contributed by atoms with van der Waals surface area (Å²) in [5, 5.41) is 1.26. The van der Waals surface area contributed by atoms with E-state index in [2.05, 4.69) is 31.9 Å². The summed E-state index contributed by atoms with van der Waals surface area (Å²) >= 11 is 11.6. The molecule has 1 amide bonds. The third-order valence-electron chi connectivity index (χ3n) is 2.57. The topological polar surface area (TPSA) is 29.1 Å². The summed E-state index contributed by atoms with van der Waals surface area (Å²) in [6.45, 7) is 0. The van der Waals surface area contributed by atoms with Gasteiger partial charge in [0.1, 0.15) is 0 Å². The van der Waals surface area contributed by atoms with Crippen LogP contribution in [0.2, 0.25) is 5.02 Å². The first-order valence-corrected chi connectivity index (χ1v) is 7.72. The van der Waals surface area contributed by atoms with Gasteiger partial charge in [0, 0.05) is 15.5 Å². The van der Waals surface area contributed by atoms with E-state index in [1.165, 1.54) is 11.4 Å². The van der Waals surface area contributed by atoms with Crippen LogP contribution in [0.25, 0.3) is 0 Å². The highest BCUT2D eigenvalue weighted by Crippen LogP contribution is 2.47. The van der Waals surface area contributed by atoms with Gasteiger partial charge in [-0.15, -0.1) is 0 Å². The Balaban J connectivity index is 3.20. The Morgan fingerprint density at radius 2 is 1.65 bits per heavy atom. The molecule has 0 aliphatic rings. The molecule has 1 aromatic rings. The van der Waals surface area contributed by atoms with Crippen molar-refractivity contribution in [3.63, 3.8) is 0 Å². The molecule has 0 fully saturated rings. The Morgan fingerprint density at radius 1 is 1.13 bits per heavy atom. The lowest BCUT2D eigenvalue weighted by molar-refractivity contribution is -0.343. The van der Waals surface area contributed by atoms with Crippen molar-refractivity contribution in [3.8, 4) is 0 Å². The van der Waals surface area contributed by atoms with Crippen molar-refractivity contribution in [1.29, 1.82) is 0 Å². The van der Waals surface area contributed by atoms with Crippen molar-refractivity contribution >= 4 is 55.1 Å². The highest BCUT2D eigenvalue weighted by molar-refractivity contribution is 9.10. The van der Waals surface area contributed by atoms with Crippen LogP contribution in [0.1, 0.15) is 5.56 Å². The maximum Gasteiger partial charge on any atom is 0.460 e. The van der Waals surface area contributed by atoms with E-state index in [9.17, 15) is 35.5 Å². The zero-order valence-corrected chi connectivity index (χ0v) is 14.5. The molecule has 1 N–H and O–H groups in total. The highest BCUT2D eigenvalue weighted by atomic mass is 79.9. The lowest BCUT2D eigenvalue weighted by Crippen LogP contribution is -2.57. The molecule has 2 nitrogen and oxygen atoms in total. The SMILES string of the molecule is O=C(Nc1cc(Cl)c(Br)cc1CBr)C(F)(F)C(F)(F)C(F)(F)F. The summed E-state index contributed by atoms with van der Waals surface area (Å²) in [6, 6.07) is 2.20. The Bertz CT molecular complexity index is 621. The molecule has 23 heavy (non-hydrogen) atoms. The molecule has 0 bridgehead atoms. The number of halogens is 10. The second kappa shape index (κ2) is 6.75. The van der Waals surface area contributed by atoms with Gasteiger partial charge < -0.3 is 5.32 Å². The van der Waals surface area contributed by atoms with E-state index in [0.717, 1.165) is 6.07 Å². The summed E-state index contributed by atoms with van der Waals surface area (Å²) in [6.07, 6.45) is -6.59. The molecule has 0 heterocycles. The van der Waals surface area contributed by atoms with E-state index >= 15 is 0 Å². The third-order valence-corrected chi connectivity index (χ3v) is 4.38. The highest BCUT2D eigenvalue weighted by Gasteiger charge is 2.76. The predicted octanol–water partition coefficient (Wildman–Crippen LogP) is 5.77. The average Bonchev–Trinajstić information content (AvgIpc) is 2.40. The van der Waals surface area contributed by atoms with E-state index in [1.54, 1.807) is 0 Å². The standard InChI is InChI=1S/C11H5Br2ClF7NO/c12-3-4-1-5(13)6(14)2-7(4)22-8(23)9(15,16)10(17,18)11(19,20)21/h1-2H,3H2,(H,22,23). The van der Waals surface area contributed by atoms with Gasteiger partial charge in [-0.3, -0.25) is 4.79 Å². The Kier molecular flexibility index (Phi) is 6.02. The van der Waals surface area contributed by atoms with Crippen LogP contribution in [0.15, 0.2) is 16.6 Å². The van der Waals surface area contributed by atoms with Crippen LogP contribution in [0.4, 0.5) is 36.4 Å². The van der Waals surface area contributed by atoms with E-state index in [0.29, 0.717) is 4.47 Å². The lowest BCUT2D eigenvalue weighted by Gasteiger charge is -2.27. The van der Waals surface area contributed by atoms with Crippen molar-refractivity contribution in [1.82, 2.24) is 0 Å². The molecule has 0 unspecified atom stereocenters. The first-order valence-electron chi connectivity index (χ1n) is 5.43. The van der Waals surface area contributed by atoms with Crippen molar-refractivity contribution < 1.29 is 35.5 Å². The van der Waals surface area contributed by atoms with Crippen molar-refractivity contribution in [2.24, 2.45) is 0 Å². The van der Waals surface area contributed by atoms with Crippen molar-refractivity contribution in [3.05, 3.63) is 27.2 Å². The molecule has 12 heteroatoms. The number of amides is 1. The van der Waals surface area contributed by atoms with Gasteiger partial charge >= 0.3 is 23.9 Å². The lowest BCUT2D eigenvalue weighted by atomic mass is 10.1. The van der Waals surface area contributed by atoms with Gasteiger partial charge in [-0.25, -0.2) is 0 Å². The number of rotatable bonds is 4. The van der Waals surface area contributed by atoms with Crippen LogP contribution >= 0.6 is 43.5 Å². The first kappa shape index (κ1) is 20.5. The van der Waals surface area contributed by atoms with Crippen molar-refractivity contribution in [2.75, 3.05) is 5.32 Å². The number of carbonyl (C=O) groups excluding carboxylic acids is 1. The van der Waals surface area contributed by atoms with Crippen LogP contribution in [0, 0.1) is 0 Å². The summed E-state index contributed by atoms with van der Waals surface area (Å²) in [5.74, 6) is -15.3. The number of hydrogen-bond donors (Lipinski definition) is 1. The number of nitrogens with one attached hydrogen (secondary N) is 1. The zero-order valence-electron chi connectivity index (χ0n) is 10.5. The van der Waals surface area contributed by atoms with Gasteiger partial charge in [0.2, 0.25) is 0 Å². The molecule has 0 aliphatic heterocycles. The maximum atomic E-state index is 13.3. The molecular weight excluding hydrogens is 490 g/mol. The second-order valence-corrected chi connectivity index (χ2v) is 5.98. The van der Waals surface area contributed by atoms with Gasteiger partial charge in [0.05, 0.1) is 5.02 Å². The predicted molar refractivity (Wildman–Crippen MR) is 76.4 cm³/mol. The van der Waals surface area contributed by atoms with Crippen LogP contribution in [0.3, 0.4) is 0 Å². The third kappa shape index (κ3) is 3.93. The summed E-state index contributed by atoms with van der Waals surface area (Å²) in [5.41, 5.74) is -0.307. The zero-order chi connectivity index (χ0) is 18.2. The largest absolute Gasteiger partial charge is 0.460 e. The molecule has 0 radical (unpaired) electrons. The molecule has 0 saturated heterocycles. The fraction of sp³-hybridized carbons (Fsp3) is 0.364. The van der Waals surface area contributed by atoms with Crippen LogP contribution in [0.5, 0.6) is 0 Å². The molecular formula is C11H5Br2ClF7NO. The van der Waals surface area contributed by atoms with Gasteiger partial charge in [-0.2, -0.15) is 30.7 Å². The maximum absolute atomic E-state index is 13.3. The van der Waals surface area contributed by atoms with Crippen molar-refractivity contribution in [2.45, 2.75) is 23.4 Å². The monoisotopic (exact) mass is 493 g/mol. The van der Waals surface area contributed by atoms with Gasteiger partial charge in [-0.05, 0) is 33.6 Å². The first-order chi connectivity index (χ1) is 10.3. The molecule has 1 aromatic carbocycles. The molecule has 0 aromatic heterocycles. The van der Waals surface area contributed by atoms with E-state index in [4.69, 9.17) is 11.6 Å². The number of benzene rings is 1. The normalized spacial score (nSPS) is 13.1. The fourth-order valence-electron chi connectivity index (χ4n) is 1.34. The minimum absolute atomic E-state index is 0.0143. The van der Waals surface area contributed by atoms with Crippen LogP contribution < -0.4 is 5.32 Å². The minimum Gasteiger partial charge on any atom is -0.320 e. The minimum atomic E-state index is -6.59. The fourth-order valence-corrected chi connectivity index (χ4v) is 2.35. The Morgan fingerprint density at radius 3 is 2.09 bits per heavy atom. The number of alkyl halides is 8. The Hall–Kier alpha value is -0.550. The van der Waals surface area contributed by atoms with Gasteiger partial charge in [0.25, 0.3) is 0 Å². The summed E-state index contributed by atoms with van der Waals surface area (Å²) in [4.78, 5) is 11.3. The Labute approximate surface area is 146 Å². The number of carbonyl (C=O) groups is 1. The molecule has 1 rings (SSSR count). The smallest absolute Gasteiger partial charge is 0.320 e. The quantitative estimate of drug-likeness (QED) is 0.417. The van der Waals surface area contributed by atoms with E-state index < -0.39 is 29.6 Å². The van der Waals surface area contributed by atoms with Crippen LogP contribution in [-0.2, 0) is 10.1 Å². The molecule has 0 aliphatic carbocycles. The number of hydrogen-bond acceptors (Lipinski definition) is 1. The molecule has 0 saturated carbocycles. The van der Waals surface area contributed by atoms with Gasteiger partial charge in [-0.1, -0.05) is 27.5 Å². The summed E-state index contributed by atoms with van der Waals surface area (Å²) in [7, 11) is 0.